The number of hydrogen-bond acceptors (Lipinski definition) is 5. The van der Waals surface area contributed by atoms with Crippen LogP contribution in [0.3, 0.4) is 0 Å². The Kier molecular flexibility index (Phi) is 7.10. The third-order valence-electron chi connectivity index (χ3n) is 5.98. The molecule has 0 bridgehead atoms. The third kappa shape index (κ3) is 5.38. The van der Waals surface area contributed by atoms with Crippen LogP contribution >= 0.6 is 11.6 Å². The zero-order valence-electron chi connectivity index (χ0n) is 17.8. The van der Waals surface area contributed by atoms with Crippen LogP contribution in [0.2, 0.25) is 5.15 Å². The summed E-state index contributed by atoms with van der Waals surface area (Å²) in [6, 6.07) is 11.2. The van der Waals surface area contributed by atoms with E-state index in [0.717, 1.165) is 51.0 Å². The molecule has 2 aromatic rings. The molecule has 0 spiro atoms. The second kappa shape index (κ2) is 10.2. The minimum absolute atomic E-state index is 0.0405. The molecule has 1 saturated heterocycles. The SMILES string of the molecule is COc1ccc2c(c1)OC=CN(CCCCN1CCC(c3cccc(Cl)n3)CC1)C2=O. The van der Waals surface area contributed by atoms with Crippen molar-refractivity contribution in [1.82, 2.24) is 14.8 Å². The molecule has 1 fully saturated rings. The number of amides is 1. The summed E-state index contributed by atoms with van der Waals surface area (Å²) in [5.74, 6) is 1.65. The van der Waals surface area contributed by atoms with Gasteiger partial charge in [-0.25, -0.2) is 4.98 Å². The van der Waals surface area contributed by atoms with Crippen LogP contribution in [0.25, 0.3) is 0 Å². The van der Waals surface area contributed by atoms with Gasteiger partial charge in [0.25, 0.3) is 5.91 Å². The number of piperidine rings is 1. The van der Waals surface area contributed by atoms with Crippen LogP contribution in [0.15, 0.2) is 48.9 Å². The quantitative estimate of drug-likeness (QED) is 0.460. The molecule has 1 aromatic heterocycles. The number of halogens is 1. The second-order valence-electron chi connectivity index (χ2n) is 7.97. The Hall–Kier alpha value is -2.57. The largest absolute Gasteiger partial charge is 0.497 e. The van der Waals surface area contributed by atoms with Crippen molar-refractivity contribution in [3.05, 3.63) is 65.3 Å². The smallest absolute Gasteiger partial charge is 0.261 e. The molecule has 2 aliphatic rings. The van der Waals surface area contributed by atoms with Gasteiger partial charge in [-0.2, -0.15) is 0 Å². The number of ether oxygens (including phenoxy) is 2. The summed E-state index contributed by atoms with van der Waals surface area (Å²) in [5, 5.41) is 0.573. The minimum atomic E-state index is -0.0405. The number of nitrogens with zero attached hydrogens (tertiary/aromatic N) is 3. The van der Waals surface area contributed by atoms with Gasteiger partial charge in [-0.05, 0) is 69.6 Å². The highest BCUT2D eigenvalue weighted by Gasteiger charge is 2.23. The van der Waals surface area contributed by atoms with Crippen molar-refractivity contribution >= 4 is 17.5 Å². The first-order chi connectivity index (χ1) is 15.1. The molecule has 31 heavy (non-hydrogen) atoms. The van der Waals surface area contributed by atoms with Gasteiger partial charge >= 0.3 is 0 Å². The van der Waals surface area contributed by atoms with E-state index in [0.29, 0.717) is 34.7 Å². The number of hydrogen-bond donors (Lipinski definition) is 0. The predicted molar refractivity (Wildman–Crippen MR) is 121 cm³/mol. The van der Waals surface area contributed by atoms with E-state index < -0.39 is 0 Å². The molecule has 0 N–H and O–H groups in total. The Morgan fingerprint density at radius 3 is 2.74 bits per heavy atom. The summed E-state index contributed by atoms with van der Waals surface area (Å²) in [5.41, 5.74) is 1.67. The van der Waals surface area contributed by atoms with Gasteiger partial charge in [0.05, 0.1) is 12.7 Å². The number of carbonyl (C=O) groups excluding carboxylic acids is 1. The van der Waals surface area contributed by atoms with Gasteiger partial charge in [0.15, 0.2) is 0 Å². The van der Waals surface area contributed by atoms with Crippen LogP contribution in [-0.4, -0.2) is 54.0 Å². The first kappa shape index (κ1) is 21.7. The number of unbranched alkanes of at least 4 members (excludes halogenated alkanes) is 1. The van der Waals surface area contributed by atoms with Crippen molar-refractivity contribution < 1.29 is 14.3 Å². The first-order valence-electron chi connectivity index (χ1n) is 10.8. The summed E-state index contributed by atoms with van der Waals surface area (Å²) in [4.78, 5) is 21.6. The third-order valence-corrected chi connectivity index (χ3v) is 6.19. The number of pyridine rings is 1. The average Bonchev–Trinajstić information content (AvgIpc) is 2.95. The molecule has 0 saturated carbocycles. The summed E-state index contributed by atoms with van der Waals surface area (Å²) >= 11 is 6.04. The Morgan fingerprint density at radius 1 is 1.16 bits per heavy atom. The average molecular weight is 442 g/mol. The van der Waals surface area contributed by atoms with Crippen molar-refractivity contribution in [2.75, 3.05) is 33.3 Å². The minimum Gasteiger partial charge on any atom is -0.497 e. The number of carbonyl (C=O) groups is 1. The van der Waals surface area contributed by atoms with Gasteiger partial charge in [-0.1, -0.05) is 17.7 Å². The van der Waals surface area contributed by atoms with Gasteiger partial charge in [0, 0.05) is 30.4 Å². The van der Waals surface area contributed by atoms with Crippen LogP contribution in [0.5, 0.6) is 11.5 Å². The number of aromatic nitrogens is 1. The maximum Gasteiger partial charge on any atom is 0.261 e. The predicted octanol–water partition coefficient (Wildman–Crippen LogP) is 4.71. The lowest BCUT2D eigenvalue weighted by Crippen LogP contribution is -2.34. The van der Waals surface area contributed by atoms with E-state index >= 15 is 0 Å². The number of likely N-dealkylation sites (tertiary alicyclic amines) is 1. The molecule has 6 nitrogen and oxygen atoms in total. The van der Waals surface area contributed by atoms with Crippen LogP contribution in [0.1, 0.15) is 47.7 Å². The van der Waals surface area contributed by atoms with E-state index in [2.05, 4.69) is 16.0 Å². The van der Waals surface area contributed by atoms with Crippen LogP contribution in [-0.2, 0) is 0 Å². The number of benzene rings is 1. The van der Waals surface area contributed by atoms with Crippen LogP contribution in [0, 0.1) is 0 Å². The fraction of sp³-hybridized carbons (Fsp3) is 0.417. The van der Waals surface area contributed by atoms with E-state index in [9.17, 15) is 4.79 Å². The van der Waals surface area contributed by atoms with Crippen molar-refractivity contribution in [3.8, 4) is 11.5 Å². The molecule has 164 valence electrons. The lowest BCUT2D eigenvalue weighted by Gasteiger charge is -2.31. The Bertz CT molecular complexity index is 941. The first-order valence-corrected chi connectivity index (χ1v) is 11.2. The molecule has 7 heteroatoms. The molecule has 3 heterocycles. The van der Waals surface area contributed by atoms with Gasteiger partial charge in [0.2, 0.25) is 0 Å². The van der Waals surface area contributed by atoms with Gasteiger partial charge in [0.1, 0.15) is 22.9 Å². The fourth-order valence-electron chi connectivity index (χ4n) is 4.20. The van der Waals surface area contributed by atoms with E-state index in [-0.39, 0.29) is 5.91 Å². The van der Waals surface area contributed by atoms with E-state index in [1.54, 1.807) is 42.7 Å². The maximum absolute atomic E-state index is 12.9. The highest BCUT2D eigenvalue weighted by Crippen LogP contribution is 2.29. The van der Waals surface area contributed by atoms with Gasteiger partial charge < -0.3 is 19.3 Å². The van der Waals surface area contributed by atoms with Crippen molar-refractivity contribution in [2.45, 2.75) is 31.6 Å². The van der Waals surface area contributed by atoms with E-state index in [1.165, 1.54) is 0 Å². The summed E-state index contributed by atoms with van der Waals surface area (Å²) in [6.45, 7) is 3.87. The maximum atomic E-state index is 12.9. The molecule has 0 atom stereocenters. The molecule has 4 rings (SSSR count). The lowest BCUT2D eigenvalue weighted by atomic mass is 9.93. The molecule has 1 amide bonds. The second-order valence-corrected chi connectivity index (χ2v) is 8.36. The van der Waals surface area contributed by atoms with Crippen LogP contribution in [0.4, 0.5) is 0 Å². The van der Waals surface area contributed by atoms with Gasteiger partial charge in [-0.3, -0.25) is 4.79 Å². The monoisotopic (exact) mass is 441 g/mol. The zero-order chi connectivity index (χ0) is 21.6. The van der Waals surface area contributed by atoms with E-state index in [1.807, 2.05) is 12.1 Å². The van der Waals surface area contributed by atoms with Crippen molar-refractivity contribution in [2.24, 2.45) is 0 Å². The van der Waals surface area contributed by atoms with Crippen molar-refractivity contribution in [1.29, 1.82) is 0 Å². The van der Waals surface area contributed by atoms with Crippen LogP contribution < -0.4 is 9.47 Å². The Morgan fingerprint density at radius 2 is 1.97 bits per heavy atom. The molecule has 0 unspecified atom stereocenters. The summed E-state index contributed by atoms with van der Waals surface area (Å²) < 4.78 is 10.8. The van der Waals surface area contributed by atoms with Crippen molar-refractivity contribution in [3.63, 3.8) is 0 Å². The Labute approximate surface area is 188 Å². The highest BCUT2D eigenvalue weighted by atomic mass is 35.5. The molecule has 0 aliphatic carbocycles. The topological polar surface area (TPSA) is 54.9 Å². The summed E-state index contributed by atoms with van der Waals surface area (Å²) in [6.07, 6.45) is 7.50. The highest BCUT2D eigenvalue weighted by molar-refractivity contribution is 6.29. The molecule has 1 aromatic carbocycles. The lowest BCUT2D eigenvalue weighted by molar-refractivity contribution is 0.0820. The van der Waals surface area contributed by atoms with Gasteiger partial charge in [-0.15, -0.1) is 0 Å². The zero-order valence-corrected chi connectivity index (χ0v) is 18.6. The summed E-state index contributed by atoms with van der Waals surface area (Å²) in [7, 11) is 1.60. The number of methoxy groups -OCH3 is 1. The molecular formula is C24H28ClN3O3. The van der Waals surface area contributed by atoms with E-state index in [4.69, 9.17) is 21.1 Å². The fourth-order valence-corrected chi connectivity index (χ4v) is 4.37. The normalized spacial score (nSPS) is 17.2. The molecule has 2 aliphatic heterocycles. The molecule has 0 radical (unpaired) electrons. The number of fused-ring (bicyclic) bond motifs is 1. The standard InChI is InChI=1S/C24H28ClN3O3/c1-30-19-7-8-20-22(17-19)31-16-15-28(24(20)29)12-3-2-11-27-13-9-18(10-14-27)21-5-4-6-23(25)26-21/h4-8,15-18H,2-3,9-14H2,1H3. The Balaban J connectivity index is 1.22. The molecular weight excluding hydrogens is 414 g/mol. The number of rotatable bonds is 7.